The molecule has 1 N–H and O–H groups in total. The molecule has 0 heterocycles. The fourth-order valence-electron chi connectivity index (χ4n) is 3.49. The summed E-state index contributed by atoms with van der Waals surface area (Å²) in [5.41, 5.74) is 3.05. The lowest BCUT2D eigenvalue weighted by Crippen LogP contribution is -2.23. The van der Waals surface area contributed by atoms with Gasteiger partial charge in [-0.3, -0.25) is 4.99 Å². The van der Waals surface area contributed by atoms with Gasteiger partial charge in [0.2, 0.25) is 0 Å². The lowest BCUT2D eigenvalue weighted by Gasteiger charge is -2.22. The number of hydrogen-bond donors (Lipinski definition) is 1. The monoisotopic (exact) mass is 397 g/mol. The van der Waals surface area contributed by atoms with Gasteiger partial charge < -0.3 is 5.11 Å². The predicted molar refractivity (Wildman–Crippen MR) is 125 cm³/mol. The van der Waals surface area contributed by atoms with Crippen molar-refractivity contribution in [3.05, 3.63) is 114 Å². The molecule has 144 valence electrons. The minimum atomic E-state index is -0.672. The molecular formula is C26H24NOP. The van der Waals surface area contributed by atoms with Crippen molar-refractivity contribution in [2.24, 2.45) is 4.99 Å². The van der Waals surface area contributed by atoms with Gasteiger partial charge in [-0.2, -0.15) is 0 Å². The van der Waals surface area contributed by atoms with E-state index in [4.69, 9.17) is 4.99 Å². The SMILES string of the molecule is CC1=CCC(=NCc2ccccc2P(c2ccccc2)c2ccccc2)C(O)=C1. The second-order valence-corrected chi connectivity index (χ2v) is 9.27. The average molecular weight is 397 g/mol. The van der Waals surface area contributed by atoms with Crippen molar-refractivity contribution in [1.82, 2.24) is 0 Å². The summed E-state index contributed by atoms with van der Waals surface area (Å²) in [6.07, 6.45) is 4.57. The second-order valence-electron chi connectivity index (χ2n) is 7.08. The third kappa shape index (κ3) is 4.55. The Morgan fingerprint density at radius 2 is 1.41 bits per heavy atom. The summed E-state index contributed by atoms with van der Waals surface area (Å²) in [5.74, 6) is 0.288. The Hall–Kier alpha value is -2.96. The van der Waals surface area contributed by atoms with Gasteiger partial charge in [0.1, 0.15) is 5.76 Å². The molecule has 0 unspecified atom stereocenters. The van der Waals surface area contributed by atoms with Crippen molar-refractivity contribution < 1.29 is 5.11 Å². The van der Waals surface area contributed by atoms with Gasteiger partial charge >= 0.3 is 0 Å². The number of hydrogen-bond acceptors (Lipinski definition) is 2. The van der Waals surface area contributed by atoms with Crippen molar-refractivity contribution in [2.75, 3.05) is 0 Å². The van der Waals surface area contributed by atoms with Crippen LogP contribution >= 0.6 is 7.92 Å². The molecule has 29 heavy (non-hydrogen) atoms. The van der Waals surface area contributed by atoms with E-state index >= 15 is 0 Å². The van der Waals surface area contributed by atoms with Crippen LogP contribution in [0.5, 0.6) is 0 Å². The molecular weight excluding hydrogens is 373 g/mol. The first-order valence-electron chi connectivity index (χ1n) is 9.81. The summed E-state index contributed by atoms with van der Waals surface area (Å²) < 4.78 is 0. The molecule has 3 heteroatoms. The van der Waals surface area contributed by atoms with E-state index in [-0.39, 0.29) is 5.76 Å². The summed E-state index contributed by atoms with van der Waals surface area (Å²) in [6, 6.07) is 30.0. The van der Waals surface area contributed by atoms with E-state index in [1.54, 1.807) is 6.08 Å². The van der Waals surface area contributed by atoms with Crippen LogP contribution in [-0.2, 0) is 6.54 Å². The molecule has 0 saturated heterocycles. The Labute approximate surface area is 173 Å². The molecule has 2 nitrogen and oxygen atoms in total. The number of allylic oxidation sites excluding steroid dienone is 4. The van der Waals surface area contributed by atoms with E-state index in [1.165, 1.54) is 21.5 Å². The molecule has 3 aromatic carbocycles. The normalized spacial score (nSPS) is 15.3. The molecule has 1 aliphatic rings. The van der Waals surface area contributed by atoms with Crippen LogP contribution in [0.3, 0.4) is 0 Å². The Bertz CT molecular complexity index is 1030. The maximum atomic E-state index is 10.2. The number of benzene rings is 3. The van der Waals surface area contributed by atoms with E-state index in [1.807, 2.05) is 6.92 Å². The average Bonchev–Trinajstić information content (AvgIpc) is 2.76. The van der Waals surface area contributed by atoms with Crippen LogP contribution in [0, 0.1) is 0 Å². The van der Waals surface area contributed by atoms with E-state index in [2.05, 4.69) is 91.0 Å². The number of aliphatic hydroxyl groups excluding tert-OH is 1. The van der Waals surface area contributed by atoms with Gasteiger partial charge in [-0.25, -0.2) is 0 Å². The maximum absolute atomic E-state index is 10.2. The lowest BCUT2D eigenvalue weighted by atomic mass is 10.1. The first-order chi connectivity index (χ1) is 14.2. The highest BCUT2D eigenvalue weighted by Gasteiger charge is 2.19. The van der Waals surface area contributed by atoms with Crippen LogP contribution in [0.15, 0.2) is 113 Å². The summed E-state index contributed by atoms with van der Waals surface area (Å²) >= 11 is 0. The molecule has 0 amide bonds. The van der Waals surface area contributed by atoms with Crippen molar-refractivity contribution in [3.8, 4) is 0 Å². The molecule has 4 rings (SSSR count). The van der Waals surface area contributed by atoms with E-state index < -0.39 is 7.92 Å². The highest BCUT2D eigenvalue weighted by atomic mass is 31.1. The van der Waals surface area contributed by atoms with Crippen molar-refractivity contribution in [3.63, 3.8) is 0 Å². The Morgan fingerprint density at radius 3 is 2.03 bits per heavy atom. The first kappa shape index (κ1) is 19.4. The second kappa shape index (κ2) is 9.03. The number of aliphatic imine (C=N–C) groups is 1. The molecule has 0 radical (unpaired) electrons. The van der Waals surface area contributed by atoms with Gasteiger partial charge in [0, 0.05) is 6.42 Å². The van der Waals surface area contributed by atoms with Crippen molar-refractivity contribution in [1.29, 1.82) is 0 Å². The maximum Gasteiger partial charge on any atom is 0.137 e. The van der Waals surface area contributed by atoms with Gasteiger partial charge in [-0.1, -0.05) is 96.6 Å². The zero-order valence-electron chi connectivity index (χ0n) is 16.5. The Balaban J connectivity index is 1.73. The summed E-state index contributed by atoms with van der Waals surface area (Å²) in [6.45, 7) is 2.56. The van der Waals surface area contributed by atoms with Crippen LogP contribution in [0.4, 0.5) is 0 Å². The lowest BCUT2D eigenvalue weighted by molar-refractivity contribution is 0.440. The third-order valence-corrected chi connectivity index (χ3v) is 7.53. The van der Waals surface area contributed by atoms with Crippen LogP contribution in [0.1, 0.15) is 18.9 Å². The standard InChI is InChI=1S/C26H24NOP/c1-20-16-17-24(25(28)18-20)27-19-21-10-8-9-15-26(21)29(22-11-4-2-5-12-22)23-13-6-3-7-14-23/h2-16,18,28H,17,19H2,1H3. The number of nitrogens with zero attached hydrogens (tertiary/aromatic N) is 1. The molecule has 3 aromatic rings. The summed E-state index contributed by atoms with van der Waals surface area (Å²) in [5, 5.41) is 14.2. The highest BCUT2D eigenvalue weighted by molar-refractivity contribution is 7.79. The minimum absolute atomic E-state index is 0.288. The van der Waals surface area contributed by atoms with E-state index in [0.717, 1.165) is 11.3 Å². The van der Waals surface area contributed by atoms with Crippen molar-refractivity contribution >= 4 is 29.5 Å². The van der Waals surface area contributed by atoms with E-state index in [0.29, 0.717) is 13.0 Å². The summed E-state index contributed by atoms with van der Waals surface area (Å²) in [7, 11) is -0.672. The molecule has 0 fully saturated rings. The fraction of sp³-hybridized carbons (Fsp3) is 0.115. The molecule has 0 bridgehead atoms. The van der Waals surface area contributed by atoms with Gasteiger partial charge in [-0.15, -0.1) is 0 Å². The quantitative estimate of drug-likeness (QED) is 0.592. The van der Waals surface area contributed by atoms with E-state index in [9.17, 15) is 5.11 Å². The zero-order chi connectivity index (χ0) is 20.1. The van der Waals surface area contributed by atoms with Crippen molar-refractivity contribution in [2.45, 2.75) is 19.9 Å². The molecule has 0 saturated carbocycles. The zero-order valence-corrected chi connectivity index (χ0v) is 17.4. The van der Waals surface area contributed by atoms with Crippen LogP contribution in [0.2, 0.25) is 0 Å². The van der Waals surface area contributed by atoms with Gasteiger partial charge in [0.25, 0.3) is 0 Å². The third-order valence-electron chi connectivity index (χ3n) is 4.98. The summed E-state index contributed by atoms with van der Waals surface area (Å²) in [4.78, 5) is 4.76. The smallest absolute Gasteiger partial charge is 0.137 e. The topological polar surface area (TPSA) is 32.6 Å². The van der Waals surface area contributed by atoms with Gasteiger partial charge in [0.15, 0.2) is 0 Å². The molecule has 0 spiro atoms. The minimum Gasteiger partial charge on any atom is -0.506 e. The predicted octanol–water partition coefficient (Wildman–Crippen LogP) is 5.18. The Kier molecular flexibility index (Phi) is 6.03. The number of rotatable bonds is 5. The van der Waals surface area contributed by atoms with Crippen LogP contribution < -0.4 is 15.9 Å². The first-order valence-corrected chi connectivity index (χ1v) is 11.2. The van der Waals surface area contributed by atoms with Gasteiger partial charge in [0.05, 0.1) is 12.3 Å². The molecule has 0 atom stereocenters. The molecule has 0 aromatic heterocycles. The Morgan fingerprint density at radius 1 is 0.828 bits per heavy atom. The fourth-order valence-corrected chi connectivity index (χ4v) is 5.95. The molecule has 0 aliphatic heterocycles. The van der Waals surface area contributed by atoms with Crippen LogP contribution in [-0.4, -0.2) is 10.8 Å². The highest BCUT2D eigenvalue weighted by Crippen LogP contribution is 2.34. The molecule has 1 aliphatic carbocycles. The van der Waals surface area contributed by atoms with Crippen LogP contribution in [0.25, 0.3) is 0 Å². The number of aliphatic hydroxyl groups is 1. The van der Waals surface area contributed by atoms with Gasteiger partial charge in [-0.05, 0) is 42.4 Å². The largest absolute Gasteiger partial charge is 0.506 e.